The zero-order valence-corrected chi connectivity index (χ0v) is 7.89. The number of nitrogens with zero attached hydrogens (tertiary/aromatic N) is 3. The van der Waals surface area contributed by atoms with E-state index in [0.29, 0.717) is 17.0 Å². The average Bonchev–Trinajstić information content (AvgIpc) is 2.18. The summed E-state index contributed by atoms with van der Waals surface area (Å²) in [7, 11) is 1.45. The van der Waals surface area contributed by atoms with Crippen LogP contribution >= 0.6 is 0 Å². The standard InChI is InChI=1S/C9H9N3O2/c1-6(13)7-3-4-8(11-12-10)9(5-7)14-2/h3-5H,1-2H3. The molecular weight excluding hydrogens is 182 g/mol. The van der Waals surface area contributed by atoms with Gasteiger partial charge in [-0.2, -0.15) is 0 Å². The third-order valence-corrected chi connectivity index (χ3v) is 1.74. The molecule has 0 heterocycles. The van der Waals surface area contributed by atoms with Crippen molar-refractivity contribution in [2.24, 2.45) is 5.11 Å². The van der Waals surface area contributed by atoms with Gasteiger partial charge in [0, 0.05) is 10.5 Å². The summed E-state index contributed by atoms with van der Waals surface area (Å²) < 4.78 is 4.97. The Morgan fingerprint density at radius 3 is 2.79 bits per heavy atom. The Morgan fingerprint density at radius 2 is 2.29 bits per heavy atom. The predicted molar refractivity (Wildman–Crippen MR) is 51.8 cm³/mol. The Hall–Kier alpha value is -2.00. The van der Waals surface area contributed by atoms with Gasteiger partial charge in [0.25, 0.3) is 0 Å². The molecule has 5 heteroatoms. The maximum absolute atomic E-state index is 11.0. The number of carbonyl (C=O) groups excluding carboxylic acids is 1. The van der Waals surface area contributed by atoms with E-state index in [1.54, 1.807) is 18.2 Å². The number of ether oxygens (including phenoxy) is 1. The van der Waals surface area contributed by atoms with Gasteiger partial charge in [0.1, 0.15) is 5.75 Å². The first-order valence-electron chi connectivity index (χ1n) is 3.93. The molecule has 0 amide bonds. The van der Waals surface area contributed by atoms with Crippen molar-refractivity contribution >= 4 is 11.5 Å². The predicted octanol–water partition coefficient (Wildman–Crippen LogP) is 2.84. The minimum Gasteiger partial charge on any atom is -0.496 e. The van der Waals surface area contributed by atoms with Gasteiger partial charge in [0.05, 0.1) is 12.8 Å². The highest BCUT2D eigenvalue weighted by Gasteiger charge is 2.05. The second-order valence-corrected chi connectivity index (χ2v) is 2.63. The van der Waals surface area contributed by atoms with E-state index in [1.165, 1.54) is 14.0 Å². The first kappa shape index (κ1) is 10.1. The highest BCUT2D eigenvalue weighted by molar-refractivity contribution is 5.95. The molecule has 0 saturated carbocycles. The summed E-state index contributed by atoms with van der Waals surface area (Å²) in [5.41, 5.74) is 9.16. The smallest absolute Gasteiger partial charge is 0.159 e. The fraction of sp³-hybridized carbons (Fsp3) is 0.222. The number of carbonyl (C=O) groups is 1. The molecule has 72 valence electrons. The maximum Gasteiger partial charge on any atom is 0.159 e. The highest BCUT2D eigenvalue weighted by Crippen LogP contribution is 2.28. The van der Waals surface area contributed by atoms with Crippen LogP contribution in [0.3, 0.4) is 0 Å². The van der Waals surface area contributed by atoms with Crippen molar-refractivity contribution in [1.82, 2.24) is 0 Å². The minimum atomic E-state index is -0.0595. The maximum atomic E-state index is 11.0. The highest BCUT2D eigenvalue weighted by atomic mass is 16.5. The fourth-order valence-electron chi connectivity index (χ4n) is 1.03. The van der Waals surface area contributed by atoms with Crippen LogP contribution in [0, 0.1) is 0 Å². The van der Waals surface area contributed by atoms with Crippen LogP contribution in [0.4, 0.5) is 5.69 Å². The normalized spacial score (nSPS) is 9.00. The number of Topliss-reactive ketones (excluding diaryl/α,β-unsaturated/α-hetero) is 1. The molecular formula is C9H9N3O2. The Kier molecular flexibility index (Phi) is 3.09. The lowest BCUT2D eigenvalue weighted by atomic mass is 10.1. The largest absolute Gasteiger partial charge is 0.496 e. The molecule has 14 heavy (non-hydrogen) atoms. The lowest BCUT2D eigenvalue weighted by Gasteiger charge is -2.04. The molecule has 0 aliphatic rings. The van der Waals surface area contributed by atoms with Crippen LogP contribution in [-0.2, 0) is 0 Å². The van der Waals surface area contributed by atoms with Crippen molar-refractivity contribution < 1.29 is 9.53 Å². The molecule has 1 aromatic carbocycles. The fourth-order valence-corrected chi connectivity index (χ4v) is 1.03. The van der Waals surface area contributed by atoms with Crippen LogP contribution in [0.25, 0.3) is 10.4 Å². The van der Waals surface area contributed by atoms with Crippen molar-refractivity contribution in [1.29, 1.82) is 0 Å². The van der Waals surface area contributed by atoms with E-state index in [9.17, 15) is 4.79 Å². The number of hydrogen-bond donors (Lipinski definition) is 0. The Bertz CT molecular complexity index is 409. The van der Waals surface area contributed by atoms with E-state index >= 15 is 0 Å². The lowest BCUT2D eigenvalue weighted by molar-refractivity contribution is 0.101. The molecule has 0 unspecified atom stereocenters. The van der Waals surface area contributed by atoms with Crippen molar-refractivity contribution in [2.75, 3.05) is 7.11 Å². The van der Waals surface area contributed by atoms with Gasteiger partial charge in [-0.05, 0) is 24.6 Å². The number of ketones is 1. The SMILES string of the molecule is COc1cc(C(C)=O)ccc1N=[N+]=[N-]. The van der Waals surface area contributed by atoms with Gasteiger partial charge < -0.3 is 4.74 Å². The molecule has 0 aromatic heterocycles. The summed E-state index contributed by atoms with van der Waals surface area (Å²) in [5, 5.41) is 3.42. The first-order chi connectivity index (χ1) is 6.69. The van der Waals surface area contributed by atoms with Gasteiger partial charge in [-0.1, -0.05) is 11.2 Å². The molecule has 0 spiro atoms. The first-order valence-corrected chi connectivity index (χ1v) is 3.93. The van der Waals surface area contributed by atoms with E-state index in [4.69, 9.17) is 10.3 Å². The van der Waals surface area contributed by atoms with E-state index in [1.807, 2.05) is 0 Å². The van der Waals surface area contributed by atoms with Gasteiger partial charge in [-0.3, -0.25) is 4.79 Å². The minimum absolute atomic E-state index is 0.0595. The molecule has 0 saturated heterocycles. The number of benzene rings is 1. The Labute approximate surface area is 80.9 Å². The summed E-state index contributed by atoms with van der Waals surface area (Å²) in [4.78, 5) is 13.7. The van der Waals surface area contributed by atoms with E-state index in [2.05, 4.69) is 10.0 Å². The molecule has 1 aromatic rings. The molecule has 0 fully saturated rings. The molecule has 0 atom stereocenters. The number of rotatable bonds is 3. The molecule has 0 aliphatic heterocycles. The number of azide groups is 1. The molecule has 0 N–H and O–H groups in total. The number of methoxy groups -OCH3 is 1. The Morgan fingerprint density at radius 1 is 1.57 bits per heavy atom. The topological polar surface area (TPSA) is 75.1 Å². The van der Waals surface area contributed by atoms with E-state index < -0.39 is 0 Å². The van der Waals surface area contributed by atoms with E-state index in [0.717, 1.165) is 0 Å². The van der Waals surface area contributed by atoms with Crippen LogP contribution in [0.1, 0.15) is 17.3 Å². The van der Waals surface area contributed by atoms with Crippen LogP contribution in [0.5, 0.6) is 5.75 Å². The second kappa shape index (κ2) is 4.30. The average molecular weight is 191 g/mol. The van der Waals surface area contributed by atoms with Gasteiger partial charge in [-0.25, -0.2) is 0 Å². The van der Waals surface area contributed by atoms with Crippen LogP contribution in [-0.4, -0.2) is 12.9 Å². The molecule has 0 radical (unpaired) electrons. The van der Waals surface area contributed by atoms with Crippen LogP contribution < -0.4 is 4.74 Å². The summed E-state index contributed by atoms with van der Waals surface area (Å²) in [6.45, 7) is 1.46. The lowest BCUT2D eigenvalue weighted by Crippen LogP contribution is -1.92. The van der Waals surface area contributed by atoms with Crippen molar-refractivity contribution in [3.8, 4) is 5.75 Å². The number of hydrogen-bond acceptors (Lipinski definition) is 3. The van der Waals surface area contributed by atoms with Gasteiger partial charge in [0.15, 0.2) is 5.78 Å². The van der Waals surface area contributed by atoms with Crippen molar-refractivity contribution in [2.45, 2.75) is 6.92 Å². The Balaban J connectivity index is 3.24. The molecule has 0 bridgehead atoms. The molecule has 5 nitrogen and oxygen atoms in total. The van der Waals surface area contributed by atoms with Gasteiger partial charge in [0.2, 0.25) is 0 Å². The third-order valence-electron chi connectivity index (χ3n) is 1.74. The van der Waals surface area contributed by atoms with Gasteiger partial charge in [-0.15, -0.1) is 0 Å². The summed E-state index contributed by atoms with van der Waals surface area (Å²) >= 11 is 0. The zero-order valence-electron chi connectivity index (χ0n) is 7.89. The monoisotopic (exact) mass is 191 g/mol. The second-order valence-electron chi connectivity index (χ2n) is 2.63. The van der Waals surface area contributed by atoms with Crippen LogP contribution in [0.2, 0.25) is 0 Å². The summed E-state index contributed by atoms with van der Waals surface area (Å²) in [6, 6.07) is 4.69. The zero-order chi connectivity index (χ0) is 10.6. The van der Waals surface area contributed by atoms with E-state index in [-0.39, 0.29) is 5.78 Å². The van der Waals surface area contributed by atoms with Crippen molar-refractivity contribution in [3.05, 3.63) is 34.2 Å². The van der Waals surface area contributed by atoms with Gasteiger partial charge >= 0.3 is 0 Å². The van der Waals surface area contributed by atoms with Crippen molar-refractivity contribution in [3.63, 3.8) is 0 Å². The molecule has 1 rings (SSSR count). The summed E-state index contributed by atoms with van der Waals surface area (Å²) in [6.07, 6.45) is 0. The quantitative estimate of drug-likeness (QED) is 0.319. The van der Waals surface area contributed by atoms with Crippen LogP contribution in [0.15, 0.2) is 23.3 Å². The third kappa shape index (κ3) is 2.02. The summed E-state index contributed by atoms with van der Waals surface area (Å²) in [5.74, 6) is 0.339. The molecule has 0 aliphatic carbocycles.